The zero-order chi connectivity index (χ0) is 23.4. The molecular weight excluding hydrogens is 444 g/mol. The van der Waals surface area contributed by atoms with Gasteiger partial charge < -0.3 is 4.74 Å². The van der Waals surface area contributed by atoms with Gasteiger partial charge in [0.15, 0.2) is 0 Å². The lowest BCUT2D eigenvalue weighted by molar-refractivity contribution is 0.0583. The van der Waals surface area contributed by atoms with Gasteiger partial charge in [0.2, 0.25) is 5.88 Å². The maximum absolute atomic E-state index is 13.7. The van der Waals surface area contributed by atoms with Gasteiger partial charge in [-0.05, 0) is 31.0 Å². The van der Waals surface area contributed by atoms with Crippen LogP contribution in [0.25, 0.3) is 5.82 Å². The van der Waals surface area contributed by atoms with Crippen LogP contribution in [0, 0.1) is 18.6 Å². The Morgan fingerprint density at radius 2 is 1.85 bits per heavy atom. The fourth-order valence-electron chi connectivity index (χ4n) is 4.79. The van der Waals surface area contributed by atoms with Crippen molar-refractivity contribution in [3.63, 3.8) is 0 Å². The molecule has 0 bridgehead atoms. The van der Waals surface area contributed by atoms with Crippen LogP contribution in [0.4, 0.5) is 8.78 Å². The Labute approximate surface area is 192 Å². The Bertz CT molecular complexity index is 1420. The van der Waals surface area contributed by atoms with Crippen molar-refractivity contribution >= 4 is 0 Å². The van der Waals surface area contributed by atoms with Crippen molar-refractivity contribution in [1.29, 1.82) is 0 Å². The third-order valence-corrected chi connectivity index (χ3v) is 6.53. The molecule has 1 aromatic carbocycles. The molecule has 3 aromatic heterocycles. The van der Waals surface area contributed by atoms with E-state index in [1.54, 1.807) is 16.8 Å². The number of ether oxygens (including phenoxy) is 1. The summed E-state index contributed by atoms with van der Waals surface area (Å²) in [4.78, 5) is 25.8. The van der Waals surface area contributed by atoms with Crippen molar-refractivity contribution in [2.75, 3.05) is 0 Å². The molecule has 4 heterocycles. The predicted octanol–water partition coefficient (Wildman–Crippen LogP) is 2.93. The van der Waals surface area contributed by atoms with Crippen LogP contribution < -0.4 is 10.4 Å². The minimum atomic E-state index is -0.654. The largest absolute Gasteiger partial charge is 0.474 e. The lowest BCUT2D eigenvalue weighted by Crippen LogP contribution is -2.41. The lowest BCUT2D eigenvalue weighted by atomic mass is 9.89. The summed E-state index contributed by atoms with van der Waals surface area (Å²) >= 11 is 0. The minimum absolute atomic E-state index is 0.0994. The van der Waals surface area contributed by atoms with Crippen LogP contribution in [-0.4, -0.2) is 40.0 Å². The van der Waals surface area contributed by atoms with Gasteiger partial charge in [0.05, 0.1) is 12.1 Å². The number of halogens is 2. The van der Waals surface area contributed by atoms with Gasteiger partial charge in [-0.3, -0.25) is 9.13 Å². The minimum Gasteiger partial charge on any atom is -0.474 e. The number of aromatic nitrogens is 7. The summed E-state index contributed by atoms with van der Waals surface area (Å²) in [5, 5.41) is 4.52. The van der Waals surface area contributed by atoms with Gasteiger partial charge in [0, 0.05) is 43.8 Å². The van der Waals surface area contributed by atoms with Crippen molar-refractivity contribution in [3.05, 3.63) is 82.3 Å². The molecule has 1 fully saturated rings. The molecular formula is C23H21F2N7O2. The smallest absolute Gasteiger partial charge is 0.346 e. The zero-order valence-corrected chi connectivity index (χ0v) is 18.3. The molecule has 0 spiro atoms. The monoisotopic (exact) mass is 465 g/mol. The average Bonchev–Trinajstić information content (AvgIpc) is 3.47. The molecule has 174 valence electrons. The molecule has 0 radical (unpaired) electrons. The SMILES string of the molecule is Cc1nccn1-c1cc(OC2CC(n3nc4n(c3=O)[C@H](c3cc(F)cc(F)c3)CC4)C2)ncn1. The summed E-state index contributed by atoms with van der Waals surface area (Å²) < 4.78 is 38.3. The molecule has 9 nitrogen and oxygen atoms in total. The van der Waals surface area contributed by atoms with Crippen molar-refractivity contribution < 1.29 is 13.5 Å². The summed E-state index contributed by atoms with van der Waals surface area (Å²) in [6, 6.07) is 4.62. The van der Waals surface area contributed by atoms with E-state index in [0.717, 1.165) is 11.9 Å². The van der Waals surface area contributed by atoms with E-state index < -0.39 is 17.7 Å². The van der Waals surface area contributed by atoms with Gasteiger partial charge in [0.25, 0.3) is 0 Å². The van der Waals surface area contributed by atoms with Crippen molar-refractivity contribution in [3.8, 4) is 11.7 Å². The molecule has 34 heavy (non-hydrogen) atoms. The third-order valence-electron chi connectivity index (χ3n) is 6.53. The quantitative estimate of drug-likeness (QED) is 0.450. The number of fused-ring (bicyclic) bond motifs is 1. The van der Waals surface area contributed by atoms with Crippen LogP contribution in [0.1, 0.15) is 48.6 Å². The second-order valence-corrected chi connectivity index (χ2v) is 8.69. The summed E-state index contributed by atoms with van der Waals surface area (Å²) in [6.07, 6.45) is 7.24. The first-order valence-corrected chi connectivity index (χ1v) is 11.1. The topological polar surface area (TPSA) is 92.7 Å². The van der Waals surface area contributed by atoms with Crippen LogP contribution in [0.3, 0.4) is 0 Å². The molecule has 1 aliphatic carbocycles. The fraction of sp³-hybridized carbons (Fsp3) is 0.348. The Hall–Kier alpha value is -3.89. The second kappa shape index (κ2) is 7.86. The van der Waals surface area contributed by atoms with E-state index in [1.807, 2.05) is 17.7 Å². The van der Waals surface area contributed by atoms with E-state index >= 15 is 0 Å². The van der Waals surface area contributed by atoms with Gasteiger partial charge in [0.1, 0.15) is 41.5 Å². The van der Waals surface area contributed by atoms with Crippen LogP contribution in [0.2, 0.25) is 0 Å². The lowest BCUT2D eigenvalue weighted by Gasteiger charge is -2.34. The average molecular weight is 465 g/mol. The molecule has 4 aromatic rings. The first-order valence-electron chi connectivity index (χ1n) is 11.1. The third kappa shape index (κ3) is 3.47. The highest BCUT2D eigenvalue weighted by atomic mass is 19.1. The number of rotatable bonds is 5. The van der Waals surface area contributed by atoms with Gasteiger partial charge in [-0.2, -0.15) is 5.10 Å². The van der Waals surface area contributed by atoms with E-state index in [2.05, 4.69) is 20.1 Å². The number of imidazole rings is 1. The summed E-state index contributed by atoms with van der Waals surface area (Å²) in [5.74, 6) is 1.25. The number of nitrogens with zero attached hydrogens (tertiary/aromatic N) is 7. The molecule has 1 aliphatic heterocycles. The zero-order valence-electron chi connectivity index (χ0n) is 18.3. The fourth-order valence-corrected chi connectivity index (χ4v) is 4.79. The highest BCUT2D eigenvalue weighted by Crippen LogP contribution is 2.36. The van der Waals surface area contributed by atoms with Crippen LogP contribution in [-0.2, 0) is 6.42 Å². The van der Waals surface area contributed by atoms with E-state index in [9.17, 15) is 13.6 Å². The molecule has 0 saturated heterocycles. The Balaban J connectivity index is 1.16. The van der Waals surface area contributed by atoms with E-state index in [0.29, 0.717) is 48.8 Å². The second-order valence-electron chi connectivity index (χ2n) is 8.69. The van der Waals surface area contributed by atoms with Crippen LogP contribution >= 0.6 is 0 Å². The highest BCUT2D eigenvalue weighted by Gasteiger charge is 2.38. The van der Waals surface area contributed by atoms with Gasteiger partial charge in [-0.1, -0.05) is 0 Å². The maximum Gasteiger partial charge on any atom is 0.346 e. The molecule has 0 unspecified atom stereocenters. The summed E-state index contributed by atoms with van der Waals surface area (Å²) in [5.41, 5.74) is 0.186. The Morgan fingerprint density at radius 1 is 1.06 bits per heavy atom. The van der Waals surface area contributed by atoms with Gasteiger partial charge in [-0.25, -0.2) is 33.2 Å². The Morgan fingerprint density at radius 3 is 2.59 bits per heavy atom. The standard InChI is InChI=1S/C23H21F2N7O2/c1-13-26-4-5-30(13)21-11-22(28-12-27-21)34-18-9-17(10-18)32-23(33)31-19(2-3-20(31)29-32)14-6-15(24)8-16(25)7-14/h4-8,11-12,17-19H,2-3,9-10H2,1H3/t17?,18?,19-/m0/s1. The number of benzene rings is 1. The normalized spacial score (nSPS) is 21.3. The first kappa shape index (κ1) is 20.7. The molecule has 1 atom stereocenters. The molecule has 0 N–H and O–H groups in total. The highest BCUT2D eigenvalue weighted by molar-refractivity contribution is 5.29. The van der Waals surface area contributed by atoms with E-state index in [4.69, 9.17) is 4.74 Å². The molecule has 0 amide bonds. The molecule has 2 aliphatic rings. The molecule has 1 saturated carbocycles. The van der Waals surface area contributed by atoms with E-state index in [1.165, 1.54) is 23.1 Å². The Kier molecular flexibility index (Phi) is 4.78. The summed E-state index contributed by atoms with van der Waals surface area (Å²) in [6.45, 7) is 1.88. The van der Waals surface area contributed by atoms with Crippen molar-refractivity contribution in [1.82, 2.24) is 33.9 Å². The van der Waals surface area contributed by atoms with Crippen LogP contribution in [0.15, 0.2) is 47.8 Å². The first-order chi connectivity index (χ1) is 16.5. The van der Waals surface area contributed by atoms with Gasteiger partial charge >= 0.3 is 5.69 Å². The summed E-state index contributed by atoms with van der Waals surface area (Å²) in [7, 11) is 0. The van der Waals surface area contributed by atoms with Crippen molar-refractivity contribution in [2.24, 2.45) is 0 Å². The van der Waals surface area contributed by atoms with E-state index in [-0.39, 0.29) is 17.8 Å². The number of aryl methyl sites for hydroxylation is 2. The number of hydrogen-bond acceptors (Lipinski definition) is 6. The molecule has 11 heteroatoms. The van der Waals surface area contributed by atoms with Crippen LogP contribution in [0.5, 0.6) is 5.88 Å². The van der Waals surface area contributed by atoms with Crippen molar-refractivity contribution in [2.45, 2.75) is 50.8 Å². The molecule has 6 rings (SSSR count). The number of hydrogen-bond donors (Lipinski definition) is 0. The van der Waals surface area contributed by atoms with Gasteiger partial charge in [-0.15, -0.1) is 0 Å². The predicted molar refractivity (Wildman–Crippen MR) is 116 cm³/mol. The maximum atomic E-state index is 13.7.